The van der Waals surface area contributed by atoms with Gasteiger partial charge in [-0.05, 0) is 47.1 Å². The number of anilines is 1. The number of carbonyl (C=O) groups is 3. The Hall–Kier alpha value is -3.72. The number of carboxylic acid groups (broad SMARTS) is 1. The maximum absolute atomic E-state index is 12.8. The molecule has 8 nitrogen and oxygen atoms in total. The lowest BCUT2D eigenvalue weighted by Crippen LogP contribution is -2.44. The Kier molecular flexibility index (Phi) is 6.93. The molecule has 0 fully saturated rings. The van der Waals surface area contributed by atoms with Crippen LogP contribution in [-0.2, 0) is 9.53 Å². The molecule has 1 unspecified atom stereocenters. The summed E-state index contributed by atoms with van der Waals surface area (Å²) in [6.45, 7) is 3.59. The van der Waals surface area contributed by atoms with Crippen LogP contribution in [0.15, 0.2) is 48.5 Å². The van der Waals surface area contributed by atoms with Gasteiger partial charge in [0.05, 0.1) is 5.69 Å². The summed E-state index contributed by atoms with van der Waals surface area (Å²) in [5.41, 5.74) is 4.73. The van der Waals surface area contributed by atoms with Gasteiger partial charge in [0.15, 0.2) is 0 Å². The molecule has 4 rings (SSSR count). The third-order valence-corrected chi connectivity index (χ3v) is 6.70. The lowest BCUT2D eigenvalue weighted by molar-refractivity contribution is -0.118. The first kappa shape index (κ1) is 23.4. The van der Waals surface area contributed by atoms with Crippen LogP contribution in [0.1, 0.15) is 52.9 Å². The Labute approximate surface area is 201 Å². The van der Waals surface area contributed by atoms with E-state index in [4.69, 9.17) is 4.74 Å². The second kappa shape index (κ2) is 10.0. The minimum atomic E-state index is -1.17. The largest absolute Gasteiger partial charge is 0.478 e. The minimum Gasteiger partial charge on any atom is -0.478 e. The summed E-state index contributed by atoms with van der Waals surface area (Å²) in [6, 6.07) is 15.2. The quantitative estimate of drug-likeness (QED) is 0.427. The van der Waals surface area contributed by atoms with Gasteiger partial charge in [0, 0.05) is 5.92 Å². The number of benzene rings is 2. The molecule has 2 amide bonds. The highest BCUT2D eigenvalue weighted by Gasteiger charge is 2.30. The van der Waals surface area contributed by atoms with Crippen molar-refractivity contribution in [2.24, 2.45) is 0 Å². The van der Waals surface area contributed by atoms with Crippen LogP contribution in [0.4, 0.5) is 9.80 Å². The fraction of sp³-hybridized carbons (Fsp3) is 0.280. The van der Waals surface area contributed by atoms with Crippen molar-refractivity contribution in [1.29, 1.82) is 0 Å². The first-order valence-electron chi connectivity index (χ1n) is 11.0. The van der Waals surface area contributed by atoms with E-state index in [0.29, 0.717) is 18.5 Å². The molecule has 1 heterocycles. The van der Waals surface area contributed by atoms with Gasteiger partial charge in [-0.25, -0.2) is 9.59 Å². The molecule has 3 aromatic rings. The van der Waals surface area contributed by atoms with E-state index in [-0.39, 0.29) is 23.1 Å². The smallest absolute Gasteiger partial charge is 0.407 e. The van der Waals surface area contributed by atoms with Crippen molar-refractivity contribution in [3.05, 3.63) is 70.9 Å². The number of aryl methyl sites for hydroxylation is 1. The van der Waals surface area contributed by atoms with E-state index in [1.54, 1.807) is 6.92 Å². The molecular weight excluding hydrogens is 454 g/mol. The van der Waals surface area contributed by atoms with Crippen molar-refractivity contribution in [3.63, 3.8) is 0 Å². The molecule has 0 aliphatic heterocycles. The monoisotopic (exact) mass is 479 g/mol. The summed E-state index contributed by atoms with van der Waals surface area (Å²) >= 11 is 0.895. The van der Waals surface area contributed by atoms with Crippen LogP contribution >= 0.6 is 11.5 Å². The Morgan fingerprint density at radius 1 is 1.09 bits per heavy atom. The SMILES string of the molecule is CCCC(NC(=O)OCC1c2ccccc2-c2ccccc21)C(=O)Nc1snc(C)c1C(=O)O. The molecule has 0 spiro atoms. The molecule has 1 aromatic heterocycles. The summed E-state index contributed by atoms with van der Waals surface area (Å²) in [5, 5.41) is 14.7. The topological polar surface area (TPSA) is 118 Å². The third-order valence-electron chi connectivity index (χ3n) is 5.84. The second-order valence-corrected chi connectivity index (χ2v) is 8.85. The number of alkyl carbamates (subject to hydrolysis) is 1. The Balaban J connectivity index is 1.42. The van der Waals surface area contributed by atoms with Crippen molar-refractivity contribution < 1.29 is 24.2 Å². The number of nitrogens with one attached hydrogen (secondary N) is 2. The van der Waals surface area contributed by atoms with E-state index < -0.39 is 24.0 Å². The molecule has 1 aliphatic carbocycles. The first-order valence-corrected chi connectivity index (χ1v) is 11.8. The average Bonchev–Trinajstić information content (AvgIpc) is 3.35. The van der Waals surface area contributed by atoms with Crippen LogP contribution in [0.2, 0.25) is 0 Å². The highest BCUT2D eigenvalue weighted by molar-refractivity contribution is 7.11. The van der Waals surface area contributed by atoms with E-state index in [1.807, 2.05) is 43.3 Å². The first-order chi connectivity index (χ1) is 16.4. The predicted octanol–water partition coefficient (Wildman–Crippen LogP) is 4.80. The maximum Gasteiger partial charge on any atom is 0.407 e. The number of rotatable bonds is 8. The van der Waals surface area contributed by atoms with Gasteiger partial charge in [-0.1, -0.05) is 61.9 Å². The van der Waals surface area contributed by atoms with Crippen molar-refractivity contribution in [3.8, 4) is 11.1 Å². The normalized spacial score (nSPS) is 13.0. The molecule has 0 bridgehead atoms. The number of fused-ring (bicyclic) bond motifs is 3. The molecule has 1 atom stereocenters. The lowest BCUT2D eigenvalue weighted by Gasteiger charge is -2.19. The molecule has 9 heteroatoms. The van der Waals surface area contributed by atoms with Gasteiger partial charge in [0.2, 0.25) is 5.91 Å². The Morgan fingerprint density at radius 2 is 1.71 bits per heavy atom. The molecule has 0 saturated heterocycles. The van der Waals surface area contributed by atoms with Crippen LogP contribution in [-0.4, -0.2) is 40.1 Å². The fourth-order valence-corrected chi connectivity index (χ4v) is 5.04. The summed E-state index contributed by atoms with van der Waals surface area (Å²) in [5.74, 6) is -1.77. The molecule has 0 radical (unpaired) electrons. The van der Waals surface area contributed by atoms with Crippen LogP contribution in [0.5, 0.6) is 0 Å². The number of hydrogen-bond acceptors (Lipinski definition) is 6. The molecule has 2 aromatic carbocycles. The number of nitrogens with zero attached hydrogens (tertiary/aromatic N) is 1. The number of amides is 2. The minimum absolute atomic E-state index is 0.0465. The van der Waals surface area contributed by atoms with Crippen molar-refractivity contribution in [1.82, 2.24) is 9.69 Å². The van der Waals surface area contributed by atoms with Crippen molar-refractivity contribution in [2.75, 3.05) is 11.9 Å². The molecule has 176 valence electrons. The van der Waals surface area contributed by atoms with Gasteiger partial charge in [-0.2, -0.15) is 4.37 Å². The Bertz CT molecular complexity index is 1190. The summed E-state index contributed by atoms with van der Waals surface area (Å²) in [4.78, 5) is 36.9. The zero-order valence-corrected chi connectivity index (χ0v) is 19.6. The highest BCUT2D eigenvalue weighted by Crippen LogP contribution is 2.44. The second-order valence-electron chi connectivity index (χ2n) is 8.08. The van der Waals surface area contributed by atoms with Crippen molar-refractivity contribution in [2.45, 2.75) is 38.6 Å². The number of carbonyl (C=O) groups excluding carboxylic acids is 2. The van der Waals surface area contributed by atoms with Gasteiger partial charge in [0.1, 0.15) is 23.2 Å². The van der Waals surface area contributed by atoms with Crippen molar-refractivity contribution >= 4 is 34.5 Å². The van der Waals surface area contributed by atoms with Crippen LogP contribution in [0.3, 0.4) is 0 Å². The van der Waals surface area contributed by atoms with Gasteiger partial charge in [0.25, 0.3) is 0 Å². The lowest BCUT2D eigenvalue weighted by atomic mass is 9.98. The molecule has 3 N–H and O–H groups in total. The average molecular weight is 480 g/mol. The van der Waals surface area contributed by atoms with E-state index in [0.717, 1.165) is 33.8 Å². The number of hydrogen-bond donors (Lipinski definition) is 3. The number of aromatic nitrogens is 1. The van der Waals surface area contributed by atoms with E-state index >= 15 is 0 Å². The Morgan fingerprint density at radius 3 is 2.29 bits per heavy atom. The van der Waals surface area contributed by atoms with Crippen LogP contribution in [0, 0.1) is 6.92 Å². The van der Waals surface area contributed by atoms with Gasteiger partial charge in [-0.3, -0.25) is 4.79 Å². The third kappa shape index (κ3) is 4.65. The highest BCUT2D eigenvalue weighted by atomic mass is 32.1. The molecular formula is C25H25N3O5S. The molecule has 0 saturated carbocycles. The fourth-order valence-electron chi connectivity index (χ4n) is 4.25. The zero-order valence-electron chi connectivity index (χ0n) is 18.8. The zero-order chi connectivity index (χ0) is 24.2. The number of aromatic carboxylic acids is 1. The van der Waals surface area contributed by atoms with E-state index in [2.05, 4.69) is 27.1 Å². The van der Waals surface area contributed by atoms with Gasteiger partial charge < -0.3 is 20.5 Å². The number of carboxylic acids is 1. The van der Waals surface area contributed by atoms with Crippen LogP contribution < -0.4 is 10.6 Å². The van der Waals surface area contributed by atoms with E-state index in [9.17, 15) is 19.5 Å². The van der Waals surface area contributed by atoms with Crippen LogP contribution in [0.25, 0.3) is 11.1 Å². The molecule has 1 aliphatic rings. The van der Waals surface area contributed by atoms with Gasteiger partial charge in [-0.15, -0.1) is 0 Å². The standard InChI is InChI=1S/C25H25N3O5S/c1-3-8-20(22(29)27-23-21(24(30)31)14(2)28-34-23)26-25(32)33-13-19-17-11-6-4-9-15(17)16-10-5-7-12-18(16)19/h4-7,9-12,19-20H,3,8,13H2,1-2H3,(H,26,32)(H,27,29)(H,30,31). The number of ether oxygens (including phenoxy) is 1. The predicted molar refractivity (Wildman–Crippen MR) is 129 cm³/mol. The molecule has 34 heavy (non-hydrogen) atoms. The summed E-state index contributed by atoms with van der Waals surface area (Å²) in [6.07, 6.45) is 0.306. The summed E-state index contributed by atoms with van der Waals surface area (Å²) in [7, 11) is 0. The summed E-state index contributed by atoms with van der Waals surface area (Å²) < 4.78 is 9.55. The maximum atomic E-state index is 12.8. The van der Waals surface area contributed by atoms with Gasteiger partial charge >= 0.3 is 12.1 Å². The van der Waals surface area contributed by atoms with E-state index in [1.165, 1.54) is 0 Å².